The van der Waals surface area contributed by atoms with Crippen LogP contribution in [0.1, 0.15) is 38.8 Å². The SMILES string of the molecule is Cc1cc(Br)cc(CN(C)C(C)C(C)(C)C)c1O. The second-order valence-corrected chi connectivity index (χ2v) is 7.10. The number of aromatic hydroxyl groups is 1. The third kappa shape index (κ3) is 3.72. The van der Waals surface area contributed by atoms with Crippen LogP contribution in [0.3, 0.4) is 0 Å². The van der Waals surface area contributed by atoms with Crippen molar-refractivity contribution >= 4 is 15.9 Å². The minimum atomic E-state index is 0.228. The maximum Gasteiger partial charge on any atom is 0.123 e. The van der Waals surface area contributed by atoms with E-state index in [0.29, 0.717) is 11.8 Å². The molecule has 0 radical (unpaired) electrons. The average Bonchev–Trinajstić information content (AvgIpc) is 2.22. The highest BCUT2D eigenvalue weighted by Crippen LogP contribution is 2.30. The normalized spacial score (nSPS) is 14.0. The Labute approximate surface area is 119 Å². The largest absolute Gasteiger partial charge is 0.507 e. The van der Waals surface area contributed by atoms with Gasteiger partial charge < -0.3 is 5.11 Å². The average molecular weight is 314 g/mol. The van der Waals surface area contributed by atoms with E-state index in [1.165, 1.54) is 0 Å². The number of halogens is 1. The summed E-state index contributed by atoms with van der Waals surface area (Å²) in [5, 5.41) is 10.1. The van der Waals surface area contributed by atoms with Crippen molar-refractivity contribution in [3.05, 3.63) is 27.7 Å². The lowest BCUT2D eigenvalue weighted by molar-refractivity contribution is 0.133. The summed E-state index contributed by atoms with van der Waals surface area (Å²) in [7, 11) is 2.10. The minimum Gasteiger partial charge on any atom is -0.507 e. The highest BCUT2D eigenvalue weighted by molar-refractivity contribution is 9.10. The molecule has 3 heteroatoms. The predicted molar refractivity (Wildman–Crippen MR) is 80.9 cm³/mol. The number of hydrogen-bond acceptors (Lipinski definition) is 2. The third-order valence-corrected chi connectivity index (χ3v) is 4.14. The van der Waals surface area contributed by atoms with Gasteiger partial charge in [-0.15, -0.1) is 0 Å². The summed E-state index contributed by atoms with van der Waals surface area (Å²) >= 11 is 3.48. The second kappa shape index (κ2) is 5.62. The zero-order chi connectivity index (χ0) is 14.1. The molecule has 2 nitrogen and oxygen atoms in total. The molecule has 1 unspecified atom stereocenters. The molecule has 1 aromatic carbocycles. The first-order valence-electron chi connectivity index (χ1n) is 6.31. The molecule has 0 aromatic heterocycles. The summed E-state index contributed by atoms with van der Waals surface area (Å²) < 4.78 is 1.02. The van der Waals surface area contributed by atoms with Crippen LogP contribution in [0.15, 0.2) is 16.6 Å². The summed E-state index contributed by atoms with van der Waals surface area (Å²) in [4.78, 5) is 2.28. The van der Waals surface area contributed by atoms with E-state index in [-0.39, 0.29) is 5.41 Å². The standard InChI is InChI=1S/C15H24BrNO/c1-10-7-13(16)8-12(14(10)18)9-17(6)11(2)15(3,4)5/h7-8,11,18H,9H2,1-6H3. The summed E-state index contributed by atoms with van der Waals surface area (Å²) in [6.45, 7) is 11.6. The summed E-state index contributed by atoms with van der Waals surface area (Å²) in [5.41, 5.74) is 2.11. The molecule has 0 bridgehead atoms. The Morgan fingerprint density at radius 3 is 2.39 bits per heavy atom. The van der Waals surface area contributed by atoms with E-state index in [4.69, 9.17) is 0 Å². The molecule has 0 saturated carbocycles. The lowest BCUT2D eigenvalue weighted by Gasteiger charge is -2.35. The van der Waals surface area contributed by atoms with Crippen LogP contribution in [0.2, 0.25) is 0 Å². The van der Waals surface area contributed by atoms with Crippen LogP contribution in [-0.4, -0.2) is 23.1 Å². The molecule has 0 amide bonds. The molecule has 18 heavy (non-hydrogen) atoms. The first-order valence-corrected chi connectivity index (χ1v) is 7.10. The van der Waals surface area contributed by atoms with Crippen LogP contribution < -0.4 is 0 Å². The predicted octanol–water partition coefficient (Wildman–Crippen LogP) is 4.33. The first-order chi connectivity index (χ1) is 8.12. The van der Waals surface area contributed by atoms with E-state index in [9.17, 15) is 5.11 Å². The molecular formula is C15H24BrNO. The van der Waals surface area contributed by atoms with Crippen molar-refractivity contribution in [1.29, 1.82) is 0 Å². The van der Waals surface area contributed by atoms with Crippen LogP contribution in [0.4, 0.5) is 0 Å². The van der Waals surface area contributed by atoms with Crippen LogP contribution in [0.25, 0.3) is 0 Å². The van der Waals surface area contributed by atoms with Gasteiger partial charge in [0, 0.05) is 22.6 Å². The fourth-order valence-corrected chi connectivity index (χ4v) is 2.61. The van der Waals surface area contributed by atoms with Gasteiger partial charge in [0.1, 0.15) is 5.75 Å². The summed E-state index contributed by atoms with van der Waals surface area (Å²) in [6, 6.07) is 4.37. The monoisotopic (exact) mass is 313 g/mol. The number of phenols is 1. The van der Waals surface area contributed by atoms with E-state index >= 15 is 0 Å². The number of benzene rings is 1. The van der Waals surface area contributed by atoms with E-state index < -0.39 is 0 Å². The molecule has 0 aliphatic rings. The van der Waals surface area contributed by atoms with E-state index in [1.807, 2.05) is 19.1 Å². The number of hydrogen-bond donors (Lipinski definition) is 1. The molecule has 0 spiro atoms. The van der Waals surface area contributed by atoms with Crippen molar-refractivity contribution in [1.82, 2.24) is 4.90 Å². The van der Waals surface area contributed by atoms with Crippen molar-refractivity contribution < 1.29 is 5.11 Å². The highest BCUT2D eigenvalue weighted by Gasteiger charge is 2.24. The molecule has 0 aliphatic carbocycles. The Morgan fingerprint density at radius 2 is 1.89 bits per heavy atom. The van der Waals surface area contributed by atoms with Crippen LogP contribution >= 0.6 is 15.9 Å². The Bertz CT molecular complexity index is 423. The highest BCUT2D eigenvalue weighted by atomic mass is 79.9. The smallest absolute Gasteiger partial charge is 0.123 e. The van der Waals surface area contributed by atoms with E-state index in [0.717, 1.165) is 22.1 Å². The van der Waals surface area contributed by atoms with Gasteiger partial charge in [0.05, 0.1) is 0 Å². The van der Waals surface area contributed by atoms with Crippen LogP contribution in [0, 0.1) is 12.3 Å². The summed E-state index contributed by atoms with van der Waals surface area (Å²) in [5.74, 6) is 0.408. The van der Waals surface area contributed by atoms with Gasteiger partial charge in [-0.1, -0.05) is 36.7 Å². The maximum absolute atomic E-state index is 10.1. The van der Waals surface area contributed by atoms with Gasteiger partial charge in [0.25, 0.3) is 0 Å². The number of rotatable bonds is 3. The van der Waals surface area contributed by atoms with Gasteiger partial charge in [-0.05, 0) is 44.0 Å². The molecular weight excluding hydrogens is 290 g/mol. The minimum absolute atomic E-state index is 0.228. The van der Waals surface area contributed by atoms with Crippen molar-refractivity contribution in [3.63, 3.8) is 0 Å². The molecule has 102 valence electrons. The van der Waals surface area contributed by atoms with E-state index in [2.05, 4.69) is 55.6 Å². The van der Waals surface area contributed by atoms with Crippen molar-refractivity contribution in [2.75, 3.05) is 7.05 Å². The van der Waals surface area contributed by atoms with Gasteiger partial charge in [-0.2, -0.15) is 0 Å². The zero-order valence-electron chi connectivity index (χ0n) is 12.2. The number of nitrogens with zero attached hydrogens (tertiary/aromatic N) is 1. The molecule has 1 rings (SSSR count). The lowest BCUT2D eigenvalue weighted by Crippen LogP contribution is -2.38. The van der Waals surface area contributed by atoms with Crippen LogP contribution in [0.5, 0.6) is 5.75 Å². The maximum atomic E-state index is 10.1. The van der Waals surface area contributed by atoms with Gasteiger partial charge >= 0.3 is 0 Å². The fourth-order valence-electron chi connectivity index (χ4n) is 1.99. The van der Waals surface area contributed by atoms with Crippen molar-refractivity contribution in [2.45, 2.75) is 47.2 Å². The molecule has 1 aromatic rings. The Kier molecular flexibility index (Phi) is 4.84. The molecule has 0 aliphatic heterocycles. The summed E-state index contributed by atoms with van der Waals surface area (Å²) in [6.07, 6.45) is 0. The zero-order valence-corrected chi connectivity index (χ0v) is 13.8. The molecule has 1 N–H and O–H groups in total. The third-order valence-electron chi connectivity index (χ3n) is 3.68. The molecule has 0 saturated heterocycles. The van der Waals surface area contributed by atoms with Gasteiger partial charge in [-0.3, -0.25) is 4.90 Å². The van der Waals surface area contributed by atoms with Crippen LogP contribution in [-0.2, 0) is 6.54 Å². The number of aryl methyl sites for hydroxylation is 1. The lowest BCUT2D eigenvalue weighted by atomic mass is 9.87. The van der Waals surface area contributed by atoms with Gasteiger partial charge in [0.2, 0.25) is 0 Å². The fraction of sp³-hybridized carbons (Fsp3) is 0.600. The molecule has 0 fully saturated rings. The second-order valence-electron chi connectivity index (χ2n) is 6.19. The Morgan fingerprint density at radius 1 is 1.33 bits per heavy atom. The number of phenolic OH excluding ortho intramolecular Hbond substituents is 1. The van der Waals surface area contributed by atoms with E-state index in [1.54, 1.807) is 0 Å². The molecule has 1 atom stereocenters. The Hall–Kier alpha value is -0.540. The quantitative estimate of drug-likeness (QED) is 0.897. The van der Waals surface area contributed by atoms with Crippen molar-refractivity contribution in [2.24, 2.45) is 5.41 Å². The van der Waals surface area contributed by atoms with Crippen molar-refractivity contribution in [3.8, 4) is 5.75 Å². The Balaban J connectivity index is 2.92. The molecule has 0 heterocycles. The first kappa shape index (κ1) is 15.5. The topological polar surface area (TPSA) is 23.5 Å². The van der Waals surface area contributed by atoms with Gasteiger partial charge in [0.15, 0.2) is 0 Å². The van der Waals surface area contributed by atoms with Gasteiger partial charge in [-0.25, -0.2) is 0 Å².